The van der Waals surface area contributed by atoms with E-state index in [4.69, 9.17) is 0 Å². The average Bonchev–Trinajstić information content (AvgIpc) is 3.01. The van der Waals surface area contributed by atoms with Gasteiger partial charge in [-0.05, 0) is 12.1 Å². The van der Waals surface area contributed by atoms with Crippen LogP contribution >= 0.6 is 11.3 Å². The fraction of sp³-hybridized carbons (Fsp3) is 0. The van der Waals surface area contributed by atoms with Gasteiger partial charge in [0.2, 0.25) is 0 Å². The molecule has 1 aromatic carbocycles. The Hall–Kier alpha value is -2.01. The Kier molecular flexibility index (Phi) is 2.23. The Morgan fingerprint density at radius 1 is 1.12 bits per heavy atom. The SMILES string of the molecule is c1ccc(-n2cnnc2-c2cscn2)cc1. The van der Waals surface area contributed by atoms with E-state index in [0.717, 1.165) is 17.2 Å². The van der Waals surface area contributed by atoms with Crippen LogP contribution in [0, 0.1) is 0 Å². The Morgan fingerprint density at radius 2 is 2.00 bits per heavy atom. The van der Waals surface area contributed by atoms with Crippen LogP contribution in [0.2, 0.25) is 0 Å². The molecule has 0 bridgehead atoms. The van der Waals surface area contributed by atoms with Crippen molar-refractivity contribution in [2.45, 2.75) is 0 Å². The van der Waals surface area contributed by atoms with Gasteiger partial charge in [-0.15, -0.1) is 21.5 Å². The van der Waals surface area contributed by atoms with Crippen LogP contribution in [0.25, 0.3) is 17.2 Å². The zero-order chi connectivity index (χ0) is 10.8. The smallest absolute Gasteiger partial charge is 0.187 e. The molecule has 0 unspecified atom stereocenters. The highest BCUT2D eigenvalue weighted by atomic mass is 32.1. The molecule has 2 heterocycles. The second kappa shape index (κ2) is 3.86. The fourth-order valence-electron chi connectivity index (χ4n) is 1.51. The first-order valence-electron chi connectivity index (χ1n) is 4.79. The van der Waals surface area contributed by atoms with Crippen molar-refractivity contribution < 1.29 is 0 Å². The molecule has 0 aliphatic rings. The standard InChI is InChI=1S/C11H8N4S/c1-2-4-9(5-3-1)15-7-13-14-11(15)10-6-16-8-12-10/h1-8H. The summed E-state index contributed by atoms with van der Waals surface area (Å²) in [6.07, 6.45) is 1.70. The summed E-state index contributed by atoms with van der Waals surface area (Å²) in [4.78, 5) is 4.24. The lowest BCUT2D eigenvalue weighted by Gasteiger charge is -2.03. The maximum atomic E-state index is 4.24. The summed E-state index contributed by atoms with van der Waals surface area (Å²) in [5.74, 6) is 0.771. The molecule has 0 atom stereocenters. The van der Waals surface area contributed by atoms with Gasteiger partial charge in [0.15, 0.2) is 5.82 Å². The van der Waals surface area contributed by atoms with Gasteiger partial charge in [-0.1, -0.05) is 18.2 Å². The highest BCUT2D eigenvalue weighted by Crippen LogP contribution is 2.19. The number of benzene rings is 1. The summed E-state index contributed by atoms with van der Waals surface area (Å²) in [5, 5.41) is 9.99. The third-order valence-electron chi connectivity index (χ3n) is 2.24. The molecule has 3 aromatic rings. The molecule has 0 N–H and O–H groups in total. The van der Waals surface area contributed by atoms with Crippen LogP contribution in [0.4, 0.5) is 0 Å². The van der Waals surface area contributed by atoms with Crippen LogP contribution in [0.3, 0.4) is 0 Å². The normalized spacial score (nSPS) is 10.5. The zero-order valence-corrected chi connectivity index (χ0v) is 9.13. The number of para-hydroxylation sites is 1. The third-order valence-corrected chi connectivity index (χ3v) is 2.83. The largest absolute Gasteiger partial charge is 0.280 e. The topological polar surface area (TPSA) is 43.6 Å². The van der Waals surface area contributed by atoms with E-state index < -0.39 is 0 Å². The van der Waals surface area contributed by atoms with E-state index in [9.17, 15) is 0 Å². The van der Waals surface area contributed by atoms with Crippen LogP contribution in [0.1, 0.15) is 0 Å². The van der Waals surface area contributed by atoms with Crippen LogP contribution in [0.5, 0.6) is 0 Å². The molecule has 0 aliphatic carbocycles. The number of thiazole rings is 1. The minimum absolute atomic E-state index is 0.771. The van der Waals surface area contributed by atoms with Crippen molar-refractivity contribution in [1.82, 2.24) is 19.7 Å². The van der Waals surface area contributed by atoms with Gasteiger partial charge < -0.3 is 0 Å². The molecule has 16 heavy (non-hydrogen) atoms. The number of nitrogens with zero attached hydrogens (tertiary/aromatic N) is 4. The molecule has 0 fully saturated rings. The van der Waals surface area contributed by atoms with Gasteiger partial charge in [0.25, 0.3) is 0 Å². The van der Waals surface area contributed by atoms with Crippen molar-refractivity contribution >= 4 is 11.3 Å². The predicted octanol–water partition coefficient (Wildman–Crippen LogP) is 2.39. The second-order valence-corrected chi connectivity index (χ2v) is 3.95. The summed E-state index contributed by atoms with van der Waals surface area (Å²) in [6, 6.07) is 9.98. The minimum atomic E-state index is 0.771. The molecule has 2 aromatic heterocycles. The molecular formula is C11H8N4S. The van der Waals surface area contributed by atoms with Crippen LogP contribution in [0.15, 0.2) is 47.5 Å². The molecule has 3 rings (SSSR count). The Balaban J connectivity index is 2.14. The summed E-state index contributed by atoms with van der Waals surface area (Å²) in [5.41, 5.74) is 3.68. The molecule has 78 valence electrons. The van der Waals surface area contributed by atoms with Crippen molar-refractivity contribution in [2.75, 3.05) is 0 Å². The zero-order valence-electron chi connectivity index (χ0n) is 8.32. The van der Waals surface area contributed by atoms with E-state index in [1.165, 1.54) is 0 Å². The van der Waals surface area contributed by atoms with Crippen molar-refractivity contribution in [2.24, 2.45) is 0 Å². The van der Waals surface area contributed by atoms with Gasteiger partial charge in [0.1, 0.15) is 12.0 Å². The minimum Gasteiger partial charge on any atom is -0.280 e. The lowest BCUT2D eigenvalue weighted by Crippen LogP contribution is -1.95. The van der Waals surface area contributed by atoms with Gasteiger partial charge in [-0.2, -0.15) is 0 Å². The highest BCUT2D eigenvalue weighted by Gasteiger charge is 2.09. The van der Waals surface area contributed by atoms with Gasteiger partial charge in [0, 0.05) is 11.1 Å². The Morgan fingerprint density at radius 3 is 2.75 bits per heavy atom. The van der Waals surface area contributed by atoms with Crippen molar-refractivity contribution in [3.05, 3.63) is 47.5 Å². The summed E-state index contributed by atoms with van der Waals surface area (Å²) >= 11 is 1.55. The number of aromatic nitrogens is 4. The average molecular weight is 228 g/mol. The van der Waals surface area contributed by atoms with Crippen molar-refractivity contribution in [1.29, 1.82) is 0 Å². The molecular weight excluding hydrogens is 220 g/mol. The first kappa shape index (κ1) is 9.23. The van der Waals surface area contributed by atoms with E-state index in [0.29, 0.717) is 0 Å². The lowest BCUT2D eigenvalue weighted by atomic mass is 10.3. The third kappa shape index (κ3) is 1.51. The van der Waals surface area contributed by atoms with Crippen molar-refractivity contribution in [3.63, 3.8) is 0 Å². The van der Waals surface area contributed by atoms with Gasteiger partial charge in [-0.3, -0.25) is 4.57 Å². The molecule has 4 nitrogen and oxygen atoms in total. The second-order valence-electron chi connectivity index (χ2n) is 3.23. The number of hydrogen-bond acceptors (Lipinski definition) is 4. The molecule has 0 amide bonds. The summed E-state index contributed by atoms with van der Waals surface area (Å²) < 4.78 is 1.93. The van der Waals surface area contributed by atoms with Crippen LogP contribution < -0.4 is 0 Å². The van der Waals surface area contributed by atoms with E-state index in [1.54, 1.807) is 23.2 Å². The molecule has 0 aliphatic heterocycles. The van der Waals surface area contributed by atoms with E-state index in [2.05, 4.69) is 15.2 Å². The monoisotopic (exact) mass is 228 g/mol. The van der Waals surface area contributed by atoms with Crippen molar-refractivity contribution in [3.8, 4) is 17.2 Å². The molecule has 0 saturated heterocycles. The molecule has 0 saturated carbocycles. The van der Waals surface area contributed by atoms with Gasteiger partial charge in [-0.25, -0.2) is 4.98 Å². The predicted molar refractivity (Wildman–Crippen MR) is 62.5 cm³/mol. The molecule has 0 spiro atoms. The van der Waals surface area contributed by atoms with Crippen LogP contribution in [-0.2, 0) is 0 Å². The first-order valence-corrected chi connectivity index (χ1v) is 5.73. The first-order chi connectivity index (χ1) is 7.95. The van der Waals surface area contributed by atoms with E-state index >= 15 is 0 Å². The lowest BCUT2D eigenvalue weighted by molar-refractivity contribution is 1.06. The van der Waals surface area contributed by atoms with E-state index in [-0.39, 0.29) is 0 Å². The summed E-state index contributed by atoms with van der Waals surface area (Å²) in [6.45, 7) is 0. The van der Waals surface area contributed by atoms with Crippen LogP contribution in [-0.4, -0.2) is 19.7 Å². The van der Waals surface area contributed by atoms with Gasteiger partial charge in [0.05, 0.1) is 5.51 Å². The quantitative estimate of drug-likeness (QED) is 0.676. The fourth-order valence-corrected chi connectivity index (χ4v) is 2.04. The van der Waals surface area contributed by atoms with Gasteiger partial charge >= 0.3 is 0 Å². The maximum Gasteiger partial charge on any atom is 0.187 e. The summed E-state index contributed by atoms with van der Waals surface area (Å²) in [7, 11) is 0. The maximum absolute atomic E-state index is 4.24. The number of rotatable bonds is 2. The Labute approximate surface area is 96.2 Å². The highest BCUT2D eigenvalue weighted by molar-refractivity contribution is 7.07. The van der Waals surface area contributed by atoms with E-state index in [1.807, 2.05) is 40.3 Å². The molecule has 5 heteroatoms. The Bertz CT molecular complexity index is 571. The number of hydrogen-bond donors (Lipinski definition) is 0. The molecule has 0 radical (unpaired) electrons.